The molecule has 0 fully saturated rings. The third kappa shape index (κ3) is 12.9. The molecule has 3 aromatic rings. The van der Waals surface area contributed by atoms with Crippen molar-refractivity contribution in [3.63, 3.8) is 0 Å². The van der Waals surface area contributed by atoms with Crippen LogP contribution in [0, 0.1) is 5.82 Å². The summed E-state index contributed by atoms with van der Waals surface area (Å²) in [6.07, 6.45) is 6.02. The van der Waals surface area contributed by atoms with Crippen LogP contribution in [0.15, 0.2) is 60.9 Å². The minimum absolute atomic E-state index is 0.250. The van der Waals surface area contributed by atoms with E-state index in [-0.39, 0.29) is 11.7 Å². The Bertz CT molecular complexity index is 1470. The molecular weight excluding hydrogens is 692 g/mol. The third-order valence-corrected chi connectivity index (χ3v) is 7.00. The fourth-order valence-corrected chi connectivity index (χ4v) is 4.63. The van der Waals surface area contributed by atoms with Crippen LogP contribution >= 0.6 is 22.6 Å². The zero-order valence-electron chi connectivity index (χ0n) is 26.2. The van der Waals surface area contributed by atoms with Gasteiger partial charge in [-0.25, -0.2) is 19.2 Å². The zero-order valence-corrected chi connectivity index (χ0v) is 28.4. The van der Waals surface area contributed by atoms with Crippen molar-refractivity contribution in [1.82, 2.24) is 20.2 Å². The van der Waals surface area contributed by atoms with Gasteiger partial charge in [0, 0.05) is 41.0 Å². The van der Waals surface area contributed by atoms with E-state index in [9.17, 15) is 14.0 Å². The van der Waals surface area contributed by atoms with E-state index >= 15 is 0 Å². The van der Waals surface area contributed by atoms with Gasteiger partial charge < -0.3 is 35.6 Å². The van der Waals surface area contributed by atoms with E-state index in [2.05, 4.69) is 58.7 Å². The Morgan fingerprint density at radius 3 is 2.47 bits per heavy atom. The summed E-state index contributed by atoms with van der Waals surface area (Å²) < 4.78 is 25.1. The first-order chi connectivity index (χ1) is 21.5. The molecule has 11 nitrogen and oxygen atoms in total. The molecule has 0 radical (unpaired) electrons. The summed E-state index contributed by atoms with van der Waals surface area (Å²) in [5.74, 6) is 1.06. The van der Waals surface area contributed by atoms with E-state index in [1.165, 1.54) is 18.5 Å². The first kappa shape index (κ1) is 35.5. The quantitative estimate of drug-likeness (QED) is 0.0579. The lowest BCUT2D eigenvalue weighted by atomic mass is 10.2. The predicted molar refractivity (Wildman–Crippen MR) is 184 cm³/mol. The second-order valence-electron chi connectivity index (χ2n) is 11.2. The molecule has 13 heteroatoms. The summed E-state index contributed by atoms with van der Waals surface area (Å²) in [7, 11) is 3.53. The fourth-order valence-electron chi connectivity index (χ4n) is 4.04. The highest BCUT2D eigenvalue weighted by atomic mass is 127. The van der Waals surface area contributed by atoms with Gasteiger partial charge in [0.1, 0.15) is 35.1 Å². The standard InChI is InChI=1S/C32H41FIN7O4/c1-32(2,3)45-31(43)35-14-6-7-15-41(4)16-8-9-30(42)39-24-11-13-27(44-5)26(18-24)40-29-19-28(36-21-37-29)38-23-10-12-25(33)22(17-23)20-34/h8-13,17-19,21H,6-7,14-16,20H2,1-5H3,(H,35,43)(H,39,42)(H2,36,37,38,40)/b9-8+. The first-order valence-corrected chi connectivity index (χ1v) is 16.0. The normalized spacial score (nSPS) is 11.4. The summed E-state index contributed by atoms with van der Waals surface area (Å²) in [4.78, 5) is 34.9. The molecule has 3 rings (SSSR count). The SMILES string of the molecule is COc1ccc(NC(=O)/C=C/CN(C)CCCCNC(=O)OC(C)(C)C)cc1Nc1cc(Nc2ccc(F)c(CI)c2)ncn1. The summed E-state index contributed by atoms with van der Waals surface area (Å²) >= 11 is 2.12. The van der Waals surface area contributed by atoms with Crippen molar-refractivity contribution in [2.75, 3.05) is 49.7 Å². The zero-order chi connectivity index (χ0) is 32.8. The number of carbonyl (C=O) groups excluding carboxylic acids is 2. The second kappa shape index (κ2) is 17.5. The lowest BCUT2D eigenvalue weighted by Gasteiger charge is -2.19. The van der Waals surface area contributed by atoms with E-state index in [0.717, 1.165) is 19.4 Å². The number of carbonyl (C=O) groups is 2. The topological polar surface area (TPSA) is 130 Å². The number of methoxy groups -OCH3 is 1. The smallest absolute Gasteiger partial charge is 0.407 e. The Hall–Kier alpha value is -3.98. The summed E-state index contributed by atoms with van der Waals surface area (Å²) in [6, 6.07) is 11.8. The van der Waals surface area contributed by atoms with E-state index in [4.69, 9.17) is 9.47 Å². The van der Waals surface area contributed by atoms with Crippen molar-refractivity contribution in [1.29, 1.82) is 0 Å². The van der Waals surface area contributed by atoms with Gasteiger partial charge in [0.2, 0.25) is 5.91 Å². The first-order valence-electron chi connectivity index (χ1n) is 14.5. The molecule has 242 valence electrons. The number of nitrogens with one attached hydrogen (secondary N) is 4. The number of unbranched alkanes of at least 4 members (excludes halogenated alkanes) is 1. The summed E-state index contributed by atoms with van der Waals surface area (Å²) in [6.45, 7) is 7.46. The molecule has 2 amide bonds. The Labute approximate surface area is 277 Å². The maximum absolute atomic E-state index is 13.9. The van der Waals surface area contributed by atoms with E-state index < -0.39 is 11.7 Å². The Balaban J connectivity index is 1.49. The van der Waals surface area contributed by atoms with Crippen molar-refractivity contribution in [2.45, 2.75) is 43.6 Å². The average molecular weight is 734 g/mol. The van der Waals surface area contributed by atoms with Gasteiger partial charge in [-0.3, -0.25) is 4.79 Å². The highest BCUT2D eigenvalue weighted by molar-refractivity contribution is 14.1. The molecular formula is C32H41FIN7O4. The number of alkyl halides is 1. The number of ether oxygens (including phenoxy) is 2. The van der Waals surface area contributed by atoms with Gasteiger partial charge in [0.15, 0.2) is 0 Å². The van der Waals surface area contributed by atoms with Gasteiger partial charge in [-0.1, -0.05) is 28.7 Å². The van der Waals surface area contributed by atoms with Crippen LogP contribution in [0.3, 0.4) is 0 Å². The molecule has 0 aliphatic carbocycles. The number of likely N-dealkylation sites (N-methyl/N-ethyl adjacent to an activating group) is 1. The molecule has 0 atom stereocenters. The van der Waals surface area contributed by atoms with E-state index in [0.29, 0.717) is 57.5 Å². The van der Waals surface area contributed by atoms with Crippen LogP contribution in [0.5, 0.6) is 5.75 Å². The van der Waals surface area contributed by atoms with Crippen LogP contribution in [0.2, 0.25) is 0 Å². The van der Waals surface area contributed by atoms with Gasteiger partial charge in [0.25, 0.3) is 0 Å². The van der Waals surface area contributed by atoms with Crippen LogP contribution in [0.4, 0.5) is 37.9 Å². The van der Waals surface area contributed by atoms with Crippen LogP contribution in [-0.2, 0) is 14.0 Å². The Kier molecular flexibility index (Phi) is 13.8. The highest BCUT2D eigenvalue weighted by Gasteiger charge is 2.15. The largest absolute Gasteiger partial charge is 0.495 e. The Morgan fingerprint density at radius 1 is 1.02 bits per heavy atom. The number of anilines is 5. The molecule has 0 spiro atoms. The molecule has 0 saturated carbocycles. The molecule has 0 unspecified atom stereocenters. The highest BCUT2D eigenvalue weighted by Crippen LogP contribution is 2.31. The molecule has 0 saturated heterocycles. The van der Waals surface area contributed by atoms with Gasteiger partial charge >= 0.3 is 6.09 Å². The van der Waals surface area contributed by atoms with Gasteiger partial charge in [-0.15, -0.1) is 0 Å². The van der Waals surface area contributed by atoms with Crippen LogP contribution in [0.25, 0.3) is 0 Å². The minimum atomic E-state index is -0.512. The van der Waals surface area contributed by atoms with Gasteiger partial charge in [0.05, 0.1) is 12.8 Å². The monoisotopic (exact) mass is 733 g/mol. The molecule has 0 aliphatic rings. The van der Waals surface area contributed by atoms with E-state index in [1.54, 1.807) is 49.6 Å². The molecule has 2 aromatic carbocycles. The van der Waals surface area contributed by atoms with Gasteiger partial charge in [-0.05, 0) is 89.2 Å². The third-order valence-electron chi connectivity index (χ3n) is 6.18. The number of halogens is 2. The lowest BCUT2D eigenvalue weighted by molar-refractivity contribution is -0.111. The number of alkyl carbamates (subject to hydrolysis) is 1. The second-order valence-corrected chi connectivity index (χ2v) is 11.9. The predicted octanol–water partition coefficient (Wildman–Crippen LogP) is 6.78. The van der Waals surface area contributed by atoms with Crippen LogP contribution < -0.4 is 26.0 Å². The maximum atomic E-state index is 13.9. The number of hydrogen-bond acceptors (Lipinski definition) is 9. The van der Waals surface area contributed by atoms with Crippen LogP contribution in [-0.4, -0.2) is 66.3 Å². The number of benzene rings is 2. The van der Waals surface area contributed by atoms with Gasteiger partial charge in [-0.2, -0.15) is 0 Å². The number of nitrogens with zero attached hydrogens (tertiary/aromatic N) is 3. The number of aromatic nitrogens is 2. The molecule has 4 N–H and O–H groups in total. The number of rotatable bonds is 15. The fraction of sp³-hybridized carbons (Fsp3) is 0.375. The molecule has 1 aromatic heterocycles. The maximum Gasteiger partial charge on any atom is 0.407 e. The van der Waals surface area contributed by atoms with Crippen molar-refractivity contribution in [3.05, 3.63) is 72.3 Å². The Morgan fingerprint density at radius 2 is 1.76 bits per heavy atom. The minimum Gasteiger partial charge on any atom is -0.495 e. The van der Waals surface area contributed by atoms with Crippen molar-refractivity contribution in [2.24, 2.45) is 0 Å². The molecule has 0 bridgehead atoms. The van der Waals surface area contributed by atoms with Crippen molar-refractivity contribution >= 4 is 63.3 Å². The number of amides is 2. The van der Waals surface area contributed by atoms with Crippen LogP contribution in [0.1, 0.15) is 39.2 Å². The molecule has 0 aliphatic heterocycles. The van der Waals surface area contributed by atoms with E-state index in [1.807, 2.05) is 27.8 Å². The van der Waals surface area contributed by atoms with Crippen molar-refractivity contribution in [3.8, 4) is 5.75 Å². The average Bonchev–Trinajstić information content (AvgIpc) is 2.97. The summed E-state index contributed by atoms with van der Waals surface area (Å²) in [5, 5.41) is 12.0. The lowest BCUT2D eigenvalue weighted by Crippen LogP contribution is -2.33. The molecule has 1 heterocycles. The summed E-state index contributed by atoms with van der Waals surface area (Å²) in [5.41, 5.74) is 1.96. The van der Waals surface area contributed by atoms with Crippen molar-refractivity contribution < 1.29 is 23.5 Å². The number of hydrogen-bond donors (Lipinski definition) is 4. The molecule has 45 heavy (non-hydrogen) atoms.